The van der Waals surface area contributed by atoms with E-state index in [0.29, 0.717) is 16.7 Å². The molecule has 8 nitrogen and oxygen atoms in total. The van der Waals surface area contributed by atoms with Gasteiger partial charge in [-0.2, -0.15) is 0 Å². The molecule has 3 aromatic carbocycles. The summed E-state index contributed by atoms with van der Waals surface area (Å²) >= 11 is 7.31. The van der Waals surface area contributed by atoms with Crippen LogP contribution in [0.15, 0.2) is 82.8 Å². The SMILES string of the molecule is CN(C)S(=O)(=O)c1ccc(Cl)c(NC(=O)CSc2nnc(-c3ccccc3)n2-c2ccc(F)cc2)c1. The molecule has 0 atom stereocenters. The lowest BCUT2D eigenvalue weighted by Gasteiger charge is -2.14. The van der Waals surface area contributed by atoms with Crippen molar-refractivity contribution < 1.29 is 17.6 Å². The molecule has 4 aromatic rings. The fourth-order valence-electron chi connectivity index (χ4n) is 3.25. The molecule has 4 rings (SSSR count). The van der Waals surface area contributed by atoms with Crippen molar-refractivity contribution in [2.45, 2.75) is 10.1 Å². The van der Waals surface area contributed by atoms with Gasteiger partial charge in [-0.05, 0) is 42.5 Å². The summed E-state index contributed by atoms with van der Waals surface area (Å²) in [5.41, 5.74) is 1.61. The van der Waals surface area contributed by atoms with E-state index in [1.54, 1.807) is 16.7 Å². The van der Waals surface area contributed by atoms with Crippen LogP contribution in [0.1, 0.15) is 0 Å². The monoisotopic (exact) mass is 545 g/mol. The molecule has 1 heterocycles. The topological polar surface area (TPSA) is 97.2 Å². The zero-order chi connectivity index (χ0) is 25.9. The zero-order valence-corrected chi connectivity index (χ0v) is 21.6. The maximum absolute atomic E-state index is 13.5. The predicted molar refractivity (Wildman–Crippen MR) is 138 cm³/mol. The van der Waals surface area contributed by atoms with Crippen molar-refractivity contribution >= 4 is 45.0 Å². The van der Waals surface area contributed by atoms with Crippen LogP contribution in [0.2, 0.25) is 5.02 Å². The van der Waals surface area contributed by atoms with E-state index in [1.807, 2.05) is 30.3 Å². The first-order valence-electron chi connectivity index (χ1n) is 10.6. The number of halogens is 2. The first-order valence-corrected chi connectivity index (χ1v) is 13.4. The summed E-state index contributed by atoms with van der Waals surface area (Å²) < 4.78 is 41.2. The average Bonchev–Trinajstić information content (AvgIpc) is 3.29. The largest absolute Gasteiger partial charge is 0.324 e. The molecule has 0 aliphatic heterocycles. The lowest BCUT2D eigenvalue weighted by Crippen LogP contribution is -2.22. The fourth-order valence-corrected chi connectivity index (χ4v) is 5.09. The number of nitrogens with one attached hydrogen (secondary N) is 1. The second-order valence-corrected chi connectivity index (χ2v) is 11.3. The molecule has 0 unspecified atom stereocenters. The highest BCUT2D eigenvalue weighted by Gasteiger charge is 2.20. The molecular formula is C24H21ClFN5O3S2. The summed E-state index contributed by atoms with van der Waals surface area (Å²) in [4.78, 5) is 12.7. The van der Waals surface area contributed by atoms with Crippen molar-refractivity contribution in [3.05, 3.63) is 83.6 Å². The quantitative estimate of drug-likeness (QED) is 0.322. The molecule has 0 bridgehead atoms. The average molecular weight is 546 g/mol. The summed E-state index contributed by atoms with van der Waals surface area (Å²) in [5, 5.41) is 11.8. The molecule has 186 valence electrons. The first kappa shape index (κ1) is 25.8. The lowest BCUT2D eigenvalue weighted by molar-refractivity contribution is -0.113. The van der Waals surface area contributed by atoms with E-state index in [1.165, 1.54) is 44.4 Å². The van der Waals surface area contributed by atoms with Crippen molar-refractivity contribution in [1.29, 1.82) is 0 Å². The van der Waals surface area contributed by atoms with Crippen LogP contribution in [0.3, 0.4) is 0 Å². The van der Waals surface area contributed by atoms with Gasteiger partial charge in [0, 0.05) is 25.3 Å². The third kappa shape index (κ3) is 5.59. The summed E-state index contributed by atoms with van der Waals surface area (Å²) in [5.74, 6) is -0.321. The molecule has 0 fully saturated rings. The Balaban J connectivity index is 1.57. The number of thioether (sulfide) groups is 1. The summed E-state index contributed by atoms with van der Waals surface area (Å²) in [6.45, 7) is 0. The van der Waals surface area contributed by atoms with Crippen molar-refractivity contribution in [1.82, 2.24) is 19.1 Å². The molecule has 0 spiro atoms. The van der Waals surface area contributed by atoms with Gasteiger partial charge in [-0.15, -0.1) is 10.2 Å². The minimum atomic E-state index is -3.70. The second kappa shape index (κ2) is 10.8. The Kier molecular flexibility index (Phi) is 7.74. The van der Waals surface area contributed by atoms with Crippen LogP contribution >= 0.6 is 23.4 Å². The van der Waals surface area contributed by atoms with E-state index in [2.05, 4.69) is 15.5 Å². The van der Waals surface area contributed by atoms with Gasteiger partial charge in [0.2, 0.25) is 15.9 Å². The van der Waals surface area contributed by atoms with Gasteiger partial charge in [0.1, 0.15) is 5.82 Å². The number of benzene rings is 3. The van der Waals surface area contributed by atoms with Crippen LogP contribution in [-0.4, -0.2) is 53.2 Å². The Bertz CT molecular complexity index is 1490. The molecule has 0 aliphatic rings. The van der Waals surface area contributed by atoms with Crippen LogP contribution in [0.25, 0.3) is 17.1 Å². The fraction of sp³-hybridized carbons (Fsp3) is 0.125. The van der Waals surface area contributed by atoms with Crippen molar-refractivity contribution in [2.75, 3.05) is 25.2 Å². The van der Waals surface area contributed by atoms with Gasteiger partial charge in [-0.3, -0.25) is 9.36 Å². The van der Waals surface area contributed by atoms with Gasteiger partial charge in [0.05, 0.1) is 21.4 Å². The highest BCUT2D eigenvalue weighted by molar-refractivity contribution is 7.99. The predicted octanol–water partition coefficient (Wildman–Crippen LogP) is 4.71. The molecule has 0 aliphatic carbocycles. The van der Waals surface area contributed by atoms with Gasteiger partial charge >= 0.3 is 0 Å². The van der Waals surface area contributed by atoms with E-state index < -0.39 is 15.9 Å². The number of nitrogens with zero attached hydrogens (tertiary/aromatic N) is 4. The minimum Gasteiger partial charge on any atom is -0.324 e. The molecule has 1 N–H and O–H groups in total. The van der Waals surface area contributed by atoms with Crippen molar-refractivity contribution in [2.24, 2.45) is 0 Å². The number of carbonyl (C=O) groups excluding carboxylic acids is 1. The molecule has 0 radical (unpaired) electrons. The molecule has 12 heteroatoms. The molecule has 0 saturated carbocycles. The van der Waals surface area contributed by atoms with Gasteiger partial charge in [0.15, 0.2) is 11.0 Å². The van der Waals surface area contributed by atoms with E-state index in [-0.39, 0.29) is 27.2 Å². The van der Waals surface area contributed by atoms with Crippen LogP contribution in [-0.2, 0) is 14.8 Å². The number of hydrogen-bond donors (Lipinski definition) is 1. The van der Waals surface area contributed by atoms with Crippen molar-refractivity contribution in [3.8, 4) is 17.1 Å². The second-order valence-electron chi connectivity index (χ2n) is 7.75. The highest BCUT2D eigenvalue weighted by atomic mass is 35.5. The zero-order valence-electron chi connectivity index (χ0n) is 19.2. The first-order chi connectivity index (χ1) is 17.2. The van der Waals surface area contributed by atoms with Crippen LogP contribution < -0.4 is 5.32 Å². The third-order valence-corrected chi connectivity index (χ3v) is 8.14. The maximum atomic E-state index is 13.5. The Morgan fingerprint density at radius 2 is 1.75 bits per heavy atom. The molecule has 36 heavy (non-hydrogen) atoms. The normalized spacial score (nSPS) is 11.6. The maximum Gasteiger partial charge on any atom is 0.242 e. The number of hydrogen-bond acceptors (Lipinski definition) is 6. The number of carbonyl (C=O) groups is 1. The Morgan fingerprint density at radius 3 is 2.42 bits per heavy atom. The highest BCUT2D eigenvalue weighted by Crippen LogP contribution is 2.29. The number of anilines is 1. The lowest BCUT2D eigenvalue weighted by atomic mass is 10.2. The van der Waals surface area contributed by atoms with Crippen LogP contribution in [0.5, 0.6) is 0 Å². The van der Waals surface area contributed by atoms with E-state index in [4.69, 9.17) is 11.6 Å². The Morgan fingerprint density at radius 1 is 1.06 bits per heavy atom. The summed E-state index contributed by atoms with van der Waals surface area (Å²) in [6.07, 6.45) is 0. The standard InChI is InChI=1S/C24H21ClFN5O3S2/c1-30(2)36(33,34)19-12-13-20(25)21(14-19)27-22(32)15-35-24-29-28-23(16-6-4-3-5-7-16)31(24)18-10-8-17(26)9-11-18/h3-14H,15H2,1-2H3,(H,27,32). The summed E-state index contributed by atoms with van der Waals surface area (Å²) in [6, 6.07) is 19.4. The molecular weight excluding hydrogens is 525 g/mol. The third-order valence-electron chi connectivity index (χ3n) is 5.07. The van der Waals surface area contributed by atoms with Crippen LogP contribution in [0, 0.1) is 5.82 Å². The molecule has 0 saturated heterocycles. The van der Waals surface area contributed by atoms with E-state index >= 15 is 0 Å². The number of sulfonamides is 1. The van der Waals surface area contributed by atoms with Crippen molar-refractivity contribution in [3.63, 3.8) is 0 Å². The minimum absolute atomic E-state index is 0.00316. The van der Waals surface area contributed by atoms with Gasteiger partial charge in [-0.1, -0.05) is 53.7 Å². The smallest absolute Gasteiger partial charge is 0.242 e. The van der Waals surface area contributed by atoms with E-state index in [0.717, 1.165) is 21.6 Å². The molecule has 1 aromatic heterocycles. The van der Waals surface area contributed by atoms with Gasteiger partial charge in [0.25, 0.3) is 0 Å². The van der Waals surface area contributed by atoms with Gasteiger partial charge in [-0.25, -0.2) is 17.1 Å². The van der Waals surface area contributed by atoms with Gasteiger partial charge < -0.3 is 5.32 Å². The number of aromatic nitrogens is 3. The number of amides is 1. The molecule has 1 amide bonds. The number of rotatable bonds is 8. The van der Waals surface area contributed by atoms with E-state index in [9.17, 15) is 17.6 Å². The Hall–Kier alpha value is -3.25. The Labute approximate surface area is 217 Å². The summed E-state index contributed by atoms with van der Waals surface area (Å²) in [7, 11) is -0.867. The van der Waals surface area contributed by atoms with Crippen LogP contribution in [0.4, 0.5) is 10.1 Å².